The summed E-state index contributed by atoms with van der Waals surface area (Å²) in [5.74, 6) is -0.371. The lowest BCUT2D eigenvalue weighted by atomic mass is 10.3. The Kier molecular flexibility index (Phi) is 6.96. The van der Waals surface area contributed by atoms with Crippen molar-refractivity contribution >= 4 is 34.1 Å². The maximum absolute atomic E-state index is 12.5. The summed E-state index contributed by atoms with van der Waals surface area (Å²) in [6.07, 6.45) is 0. The minimum absolute atomic E-state index is 0.0841. The largest absolute Gasteiger partial charge is 0.484 e. The number of piperazine rings is 1. The van der Waals surface area contributed by atoms with Gasteiger partial charge in [0.15, 0.2) is 6.61 Å². The first-order valence-electron chi connectivity index (χ1n) is 9.20. The average molecular weight is 432 g/mol. The first-order valence-corrected chi connectivity index (χ1v) is 10.0. The van der Waals surface area contributed by atoms with Crippen molar-refractivity contribution in [2.45, 2.75) is 0 Å². The van der Waals surface area contributed by atoms with Gasteiger partial charge in [-0.2, -0.15) is 0 Å². The van der Waals surface area contributed by atoms with Gasteiger partial charge in [0.2, 0.25) is 5.91 Å². The fourth-order valence-corrected chi connectivity index (χ4v) is 3.65. The highest BCUT2D eigenvalue weighted by atomic mass is 32.1. The van der Waals surface area contributed by atoms with Crippen molar-refractivity contribution in [1.82, 2.24) is 15.1 Å². The second-order valence-electron chi connectivity index (χ2n) is 6.45. The Morgan fingerprint density at radius 1 is 1.03 bits per heavy atom. The van der Waals surface area contributed by atoms with Crippen LogP contribution >= 0.6 is 11.3 Å². The van der Waals surface area contributed by atoms with E-state index in [1.807, 2.05) is 6.07 Å². The predicted molar refractivity (Wildman–Crippen MR) is 108 cm³/mol. The van der Waals surface area contributed by atoms with Gasteiger partial charge in [-0.1, -0.05) is 29.5 Å². The van der Waals surface area contributed by atoms with E-state index in [4.69, 9.17) is 4.74 Å². The summed E-state index contributed by atoms with van der Waals surface area (Å²) < 4.78 is 5.32. The molecule has 2 heterocycles. The monoisotopic (exact) mass is 432 g/mol. The average Bonchev–Trinajstić information content (AvgIpc) is 3.27. The van der Waals surface area contributed by atoms with Crippen LogP contribution in [-0.2, 0) is 9.59 Å². The molecule has 158 valence electrons. The fraction of sp³-hybridized carbons (Fsp3) is 0.316. The molecule has 0 bridgehead atoms. The Balaban J connectivity index is 1.39. The smallest absolute Gasteiger partial charge is 0.324 e. The van der Waals surface area contributed by atoms with Gasteiger partial charge in [0.25, 0.3) is 11.8 Å². The first kappa shape index (κ1) is 21.2. The Hall–Kier alpha value is -3.47. The van der Waals surface area contributed by atoms with Crippen LogP contribution in [-0.4, -0.2) is 71.8 Å². The van der Waals surface area contributed by atoms with Gasteiger partial charge < -0.3 is 19.9 Å². The number of thiophene rings is 1. The quantitative estimate of drug-likeness (QED) is 0.517. The van der Waals surface area contributed by atoms with Crippen LogP contribution in [0.1, 0.15) is 9.67 Å². The molecule has 1 fully saturated rings. The lowest BCUT2D eigenvalue weighted by Gasteiger charge is -2.34. The van der Waals surface area contributed by atoms with E-state index in [0.29, 0.717) is 36.8 Å². The number of para-hydroxylation sites is 1. The number of ether oxygens (including phenoxy) is 1. The van der Waals surface area contributed by atoms with Crippen molar-refractivity contribution in [2.24, 2.45) is 0 Å². The van der Waals surface area contributed by atoms with Gasteiger partial charge in [0, 0.05) is 32.2 Å². The number of hydrogen-bond acceptors (Lipinski definition) is 7. The second kappa shape index (κ2) is 9.83. The molecule has 1 N–H and O–H groups in total. The normalized spacial score (nSPS) is 13.6. The zero-order valence-corrected chi connectivity index (χ0v) is 16.8. The summed E-state index contributed by atoms with van der Waals surface area (Å²) in [6, 6.07) is 11.6. The van der Waals surface area contributed by atoms with Crippen LogP contribution in [0.2, 0.25) is 0 Å². The molecule has 1 aromatic carbocycles. The maximum atomic E-state index is 12.5. The first-order chi connectivity index (χ1) is 14.4. The number of nitro groups is 1. The molecule has 11 heteroatoms. The summed E-state index contributed by atoms with van der Waals surface area (Å²) in [5.41, 5.74) is 0. The molecule has 0 saturated carbocycles. The van der Waals surface area contributed by atoms with Gasteiger partial charge in [-0.15, -0.1) is 0 Å². The van der Waals surface area contributed by atoms with Crippen molar-refractivity contribution < 1.29 is 24.0 Å². The minimum atomic E-state index is -0.531. The Morgan fingerprint density at radius 2 is 1.70 bits per heavy atom. The molecule has 10 nitrogen and oxygen atoms in total. The number of amides is 3. The highest BCUT2D eigenvalue weighted by Crippen LogP contribution is 2.25. The molecule has 3 amide bonds. The molecule has 3 rings (SSSR count). The van der Waals surface area contributed by atoms with E-state index < -0.39 is 10.8 Å². The van der Waals surface area contributed by atoms with Gasteiger partial charge in [-0.25, -0.2) is 0 Å². The van der Waals surface area contributed by atoms with E-state index in [-0.39, 0.29) is 30.0 Å². The number of carbonyl (C=O) groups is 3. The van der Waals surface area contributed by atoms with E-state index in [1.54, 1.807) is 34.1 Å². The van der Waals surface area contributed by atoms with E-state index >= 15 is 0 Å². The summed E-state index contributed by atoms with van der Waals surface area (Å²) in [7, 11) is 0. The van der Waals surface area contributed by atoms with E-state index in [9.17, 15) is 24.5 Å². The van der Waals surface area contributed by atoms with Gasteiger partial charge >= 0.3 is 5.00 Å². The summed E-state index contributed by atoms with van der Waals surface area (Å²) in [6.45, 7) is 0.958. The van der Waals surface area contributed by atoms with Crippen LogP contribution in [0.5, 0.6) is 5.75 Å². The van der Waals surface area contributed by atoms with Crippen molar-refractivity contribution in [3.8, 4) is 5.75 Å². The molecule has 0 unspecified atom stereocenters. The molecule has 0 aliphatic carbocycles. The third kappa shape index (κ3) is 5.54. The highest BCUT2D eigenvalue weighted by Gasteiger charge is 2.26. The molecule has 0 atom stereocenters. The number of rotatable bonds is 7. The third-order valence-electron chi connectivity index (χ3n) is 4.45. The number of nitrogens with one attached hydrogen (secondary N) is 1. The van der Waals surface area contributed by atoms with Crippen molar-refractivity contribution in [2.75, 3.05) is 39.3 Å². The number of carbonyl (C=O) groups excluding carboxylic acids is 3. The predicted octanol–water partition coefficient (Wildman–Crippen LogP) is 1.14. The van der Waals surface area contributed by atoms with Gasteiger partial charge in [0.05, 0.1) is 16.3 Å². The Morgan fingerprint density at radius 3 is 2.33 bits per heavy atom. The number of nitrogens with zero attached hydrogens (tertiary/aromatic N) is 3. The van der Waals surface area contributed by atoms with Gasteiger partial charge in [-0.3, -0.25) is 24.5 Å². The Labute approximate surface area is 176 Å². The molecule has 1 aromatic heterocycles. The summed E-state index contributed by atoms with van der Waals surface area (Å²) in [5, 5.41) is 13.2. The van der Waals surface area contributed by atoms with Crippen LogP contribution in [0.15, 0.2) is 42.5 Å². The van der Waals surface area contributed by atoms with E-state index in [1.165, 1.54) is 12.1 Å². The molecule has 0 radical (unpaired) electrons. The van der Waals surface area contributed by atoms with Crippen LogP contribution in [0.4, 0.5) is 5.00 Å². The van der Waals surface area contributed by atoms with Crippen molar-refractivity contribution in [1.29, 1.82) is 0 Å². The zero-order chi connectivity index (χ0) is 21.5. The van der Waals surface area contributed by atoms with Crippen LogP contribution in [0, 0.1) is 10.1 Å². The summed E-state index contributed by atoms with van der Waals surface area (Å²) >= 11 is 0.834. The molecule has 1 aliphatic heterocycles. The van der Waals surface area contributed by atoms with E-state index in [2.05, 4.69) is 5.32 Å². The van der Waals surface area contributed by atoms with Crippen LogP contribution < -0.4 is 10.1 Å². The number of benzene rings is 1. The molecular formula is C19H20N4O6S. The van der Waals surface area contributed by atoms with Crippen LogP contribution in [0.25, 0.3) is 0 Å². The lowest BCUT2D eigenvalue weighted by molar-refractivity contribution is -0.380. The van der Waals surface area contributed by atoms with Crippen molar-refractivity contribution in [3.05, 3.63) is 57.5 Å². The molecule has 1 aliphatic rings. The maximum Gasteiger partial charge on any atom is 0.324 e. The third-order valence-corrected chi connectivity index (χ3v) is 5.48. The SMILES string of the molecule is O=C(COc1ccccc1)NCC(=O)N1CCN(C(=O)c2ccc([N+](=O)[O-])s2)CC1. The van der Waals surface area contributed by atoms with Gasteiger partial charge in [-0.05, 0) is 18.2 Å². The minimum Gasteiger partial charge on any atom is -0.484 e. The summed E-state index contributed by atoms with van der Waals surface area (Å²) in [4.78, 5) is 50.3. The fourth-order valence-electron chi connectivity index (χ4n) is 2.86. The standard InChI is InChI=1S/C19H20N4O6S/c24-16(13-29-14-4-2-1-3-5-14)20-12-17(25)21-8-10-22(11-9-21)19(26)15-6-7-18(30-15)23(27)28/h1-7H,8-13H2,(H,20,24). The highest BCUT2D eigenvalue weighted by molar-refractivity contribution is 7.17. The molecule has 0 spiro atoms. The molecule has 2 aromatic rings. The van der Waals surface area contributed by atoms with Gasteiger partial charge in [0.1, 0.15) is 5.75 Å². The zero-order valence-electron chi connectivity index (χ0n) is 16.0. The topological polar surface area (TPSA) is 122 Å². The molecular weight excluding hydrogens is 412 g/mol. The molecule has 1 saturated heterocycles. The second-order valence-corrected chi connectivity index (χ2v) is 7.51. The van der Waals surface area contributed by atoms with Crippen LogP contribution in [0.3, 0.4) is 0 Å². The van der Waals surface area contributed by atoms with Crippen molar-refractivity contribution in [3.63, 3.8) is 0 Å². The lowest BCUT2D eigenvalue weighted by Crippen LogP contribution is -2.52. The Bertz CT molecular complexity index is 924. The number of hydrogen-bond donors (Lipinski definition) is 1. The van der Waals surface area contributed by atoms with E-state index in [0.717, 1.165) is 11.3 Å². The molecule has 30 heavy (non-hydrogen) atoms.